The lowest BCUT2D eigenvalue weighted by Gasteiger charge is -2.25. The fourth-order valence-electron chi connectivity index (χ4n) is 2.85. The van der Waals surface area contributed by atoms with Crippen LogP contribution in [0.25, 0.3) is 10.8 Å². The van der Waals surface area contributed by atoms with E-state index in [9.17, 15) is 8.42 Å². The molecular formula is C19H19NO3S. The Balaban J connectivity index is 2.21. The fourth-order valence-corrected chi connectivity index (χ4v) is 4.50. The fraction of sp³-hybridized carbons (Fsp3) is 0.158. The predicted octanol–water partition coefficient (Wildman–Crippen LogP) is 4.06. The summed E-state index contributed by atoms with van der Waals surface area (Å²) < 4.78 is 33.1. The Hall–Kier alpha value is -2.53. The van der Waals surface area contributed by atoms with Gasteiger partial charge < -0.3 is 4.74 Å². The molecule has 0 fully saturated rings. The molecule has 24 heavy (non-hydrogen) atoms. The predicted molar refractivity (Wildman–Crippen MR) is 97.1 cm³/mol. The Labute approximate surface area is 142 Å². The van der Waals surface area contributed by atoms with E-state index < -0.39 is 10.0 Å². The molecule has 0 aliphatic rings. The molecule has 0 radical (unpaired) electrons. The first-order valence-electron chi connectivity index (χ1n) is 7.73. The Bertz CT molecular complexity index is 962. The lowest BCUT2D eigenvalue weighted by Crippen LogP contribution is -2.31. The molecular weight excluding hydrogens is 322 g/mol. The van der Waals surface area contributed by atoms with Gasteiger partial charge >= 0.3 is 0 Å². The molecule has 5 heteroatoms. The molecule has 124 valence electrons. The molecule has 0 N–H and O–H groups in total. The van der Waals surface area contributed by atoms with Crippen molar-refractivity contribution in [1.29, 1.82) is 0 Å². The molecule has 0 amide bonds. The number of sulfonamides is 1. The molecule has 3 rings (SSSR count). The second-order valence-electron chi connectivity index (χ2n) is 5.32. The largest absolute Gasteiger partial charge is 0.495 e. The molecule has 0 spiro atoms. The zero-order valence-electron chi connectivity index (χ0n) is 13.6. The van der Waals surface area contributed by atoms with Crippen LogP contribution in [-0.2, 0) is 10.0 Å². The van der Waals surface area contributed by atoms with Crippen molar-refractivity contribution in [3.63, 3.8) is 0 Å². The highest BCUT2D eigenvalue weighted by molar-refractivity contribution is 7.93. The summed E-state index contributed by atoms with van der Waals surface area (Å²) in [4.78, 5) is 0.169. The third-order valence-corrected chi connectivity index (χ3v) is 5.89. The summed E-state index contributed by atoms with van der Waals surface area (Å²) in [6, 6.07) is 20.1. The summed E-state index contributed by atoms with van der Waals surface area (Å²) in [5.41, 5.74) is 0.668. The number of hydrogen-bond acceptors (Lipinski definition) is 3. The second-order valence-corrected chi connectivity index (χ2v) is 7.15. The van der Waals surface area contributed by atoms with Crippen LogP contribution in [0.1, 0.15) is 6.92 Å². The smallest absolute Gasteiger partial charge is 0.268 e. The summed E-state index contributed by atoms with van der Waals surface area (Å²) in [6.45, 7) is 2.16. The molecule has 3 aromatic carbocycles. The molecule has 0 aliphatic heterocycles. The molecule has 0 aliphatic carbocycles. The number of fused-ring (bicyclic) bond motifs is 1. The molecule has 0 bridgehead atoms. The van der Waals surface area contributed by atoms with Crippen molar-refractivity contribution in [1.82, 2.24) is 0 Å². The van der Waals surface area contributed by atoms with E-state index in [0.717, 1.165) is 10.8 Å². The highest BCUT2D eigenvalue weighted by atomic mass is 32.2. The van der Waals surface area contributed by atoms with Crippen molar-refractivity contribution in [3.05, 3.63) is 66.7 Å². The standard InChI is InChI=1S/C19H19NO3S/c1-3-20(17-12-8-10-15-9-4-5-11-16(15)17)24(21,22)19-14-7-6-13-18(19)23-2/h4-14H,3H2,1-2H3. The molecule has 0 aromatic heterocycles. The highest BCUT2D eigenvalue weighted by Gasteiger charge is 2.27. The normalized spacial score (nSPS) is 11.4. The minimum atomic E-state index is -3.73. The van der Waals surface area contributed by atoms with Gasteiger partial charge in [0.05, 0.1) is 12.8 Å². The number of hydrogen-bond donors (Lipinski definition) is 0. The van der Waals surface area contributed by atoms with Crippen molar-refractivity contribution in [2.75, 3.05) is 18.0 Å². The van der Waals surface area contributed by atoms with Crippen LogP contribution in [0.4, 0.5) is 5.69 Å². The first-order valence-corrected chi connectivity index (χ1v) is 9.17. The van der Waals surface area contributed by atoms with Crippen LogP contribution in [0, 0.1) is 0 Å². The van der Waals surface area contributed by atoms with E-state index in [4.69, 9.17) is 4.74 Å². The maximum atomic E-state index is 13.2. The molecule has 4 nitrogen and oxygen atoms in total. The number of rotatable bonds is 5. The molecule has 0 saturated carbocycles. The third-order valence-electron chi connectivity index (χ3n) is 3.96. The first-order chi connectivity index (χ1) is 11.6. The maximum absolute atomic E-state index is 13.2. The van der Waals surface area contributed by atoms with Crippen LogP contribution in [0.2, 0.25) is 0 Å². The van der Waals surface area contributed by atoms with Gasteiger partial charge in [0.15, 0.2) is 0 Å². The van der Waals surface area contributed by atoms with E-state index in [0.29, 0.717) is 18.0 Å². The lowest BCUT2D eigenvalue weighted by molar-refractivity contribution is 0.402. The second kappa shape index (κ2) is 6.53. The number of nitrogens with zero attached hydrogens (tertiary/aromatic N) is 1. The molecule has 0 unspecified atom stereocenters. The third kappa shape index (κ3) is 2.71. The van der Waals surface area contributed by atoms with E-state index in [2.05, 4.69) is 0 Å². The topological polar surface area (TPSA) is 46.6 Å². The van der Waals surface area contributed by atoms with Gasteiger partial charge in [0.25, 0.3) is 10.0 Å². The Morgan fingerprint density at radius 2 is 1.58 bits per heavy atom. The Morgan fingerprint density at radius 3 is 2.33 bits per heavy atom. The van der Waals surface area contributed by atoms with E-state index in [-0.39, 0.29) is 4.90 Å². The van der Waals surface area contributed by atoms with Crippen molar-refractivity contribution in [2.45, 2.75) is 11.8 Å². The quantitative estimate of drug-likeness (QED) is 0.703. The van der Waals surface area contributed by atoms with Gasteiger partial charge in [-0.2, -0.15) is 0 Å². The molecule has 3 aromatic rings. The Morgan fingerprint density at radius 1 is 0.917 bits per heavy atom. The van der Waals surface area contributed by atoms with Gasteiger partial charge in [-0.3, -0.25) is 4.31 Å². The van der Waals surface area contributed by atoms with E-state index in [1.165, 1.54) is 11.4 Å². The first kappa shape index (κ1) is 16.3. The summed E-state index contributed by atoms with van der Waals surface area (Å²) >= 11 is 0. The number of ether oxygens (including phenoxy) is 1. The van der Waals surface area contributed by atoms with Crippen LogP contribution >= 0.6 is 0 Å². The van der Waals surface area contributed by atoms with Gasteiger partial charge in [-0.25, -0.2) is 8.42 Å². The number of benzene rings is 3. The van der Waals surface area contributed by atoms with Crippen LogP contribution in [0.3, 0.4) is 0 Å². The van der Waals surface area contributed by atoms with Crippen molar-refractivity contribution < 1.29 is 13.2 Å². The maximum Gasteiger partial charge on any atom is 0.268 e. The number of anilines is 1. The van der Waals surface area contributed by atoms with Gasteiger partial charge in [-0.1, -0.05) is 48.5 Å². The van der Waals surface area contributed by atoms with E-state index in [1.54, 1.807) is 24.3 Å². The molecule has 0 saturated heterocycles. The van der Waals surface area contributed by atoms with Crippen molar-refractivity contribution >= 4 is 26.5 Å². The van der Waals surface area contributed by atoms with E-state index >= 15 is 0 Å². The lowest BCUT2D eigenvalue weighted by atomic mass is 10.1. The summed E-state index contributed by atoms with van der Waals surface area (Å²) in [5.74, 6) is 0.344. The average Bonchev–Trinajstić information content (AvgIpc) is 2.62. The van der Waals surface area contributed by atoms with Crippen LogP contribution in [0.15, 0.2) is 71.6 Å². The van der Waals surface area contributed by atoms with Gasteiger partial charge in [0, 0.05) is 11.9 Å². The van der Waals surface area contributed by atoms with Crippen molar-refractivity contribution in [2.24, 2.45) is 0 Å². The van der Waals surface area contributed by atoms with Gasteiger partial charge in [-0.15, -0.1) is 0 Å². The number of para-hydroxylation sites is 1. The van der Waals surface area contributed by atoms with Gasteiger partial charge in [-0.05, 0) is 30.5 Å². The Kier molecular flexibility index (Phi) is 4.44. The average molecular weight is 341 g/mol. The van der Waals surface area contributed by atoms with Crippen LogP contribution in [0.5, 0.6) is 5.75 Å². The van der Waals surface area contributed by atoms with E-state index in [1.807, 2.05) is 49.4 Å². The molecule has 0 heterocycles. The minimum absolute atomic E-state index is 0.169. The molecule has 0 atom stereocenters. The van der Waals surface area contributed by atoms with Crippen LogP contribution in [-0.4, -0.2) is 22.1 Å². The van der Waals surface area contributed by atoms with Gasteiger partial charge in [0.2, 0.25) is 0 Å². The summed E-state index contributed by atoms with van der Waals surface area (Å²) in [7, 11) is -2.26. The highest BCUT2D eigenvalue weighted by Crippen LogP contribution is 2.33. The summed E-state index contributed by atoms with van der Waals surface area (Å²) in [5, 5.41) is 1.91. The minimum Gasteiger partial charge on any atom is -0.495 e. The monoisotopic (exact) mass is 341 g/mol. The SMILES string of the molecule is CCN(c1cccc2ccccc12)S(=O)(=O)c1ccccc1OC. The van der Waals surface area contributed by atoms with Crippen molar-refractivity contribution in [3.8, 4) is 5.75 Å². The van der Waals surface area contributed by atoms with Gasteiger partial charge in [0.1, 0.15) is 10.6 Å². The zero-order valence-corrected chi connectivity index (χ0v) is 14.5. The zero-order chi connectivity index (χ0) is 17.2. The van der Waals surface area contributed by atoms with Crippen LogP contribution < -0.4 is 9.04 Å². The summed E-state index contributed by atoms with van der Waals surface area (Å²) in [6.07, 6.45) is 0. The number of methoxy groups -OCH3 is 1.